The molecule has 62 heavy (non-hydrogen) atoms. The number of carboxylic acid groups (broad SMARTS) is 2. The highest BCUT2D eigenvalue weighted by molar-refractivity contribution is 5.87. The van der Waals surface area contributed by atoms with Crippen LogP contribution < -0.4 is 11.1 Å². The molecule has 0 amide bonds. The van der Waals surface area contributed by atoms with E-state index in [1.807, 2.05) is 84.9 Å². The highest BCUT2D eigenvalue weighted by atomic mass is 16.4. The second kappa shape index (κ2) is 16.3. The lowest BCUT2D eigenvalue weighted by Gasteiger charge is -2.07. The van der Waals surface area contributed by atoms with Gasteiger partial charge in [-0.1, -0.05) is 109 Å². The summed E-state index contributed by atoms with van der Waals surface area (Å²) < 4.78 is 5.86. The fourth-order valence-electron chi connectivity index (χ4n) is 6.76. The van der Waals surface area contributed by atoms with Crippen LogP contribution in [0.1, 0.15) is 31.8 Å². The van der Waals surface area contributed by atoms with E-state index in [2.05, 4.69) is 64.4 Å². The summed E-state index contributed by atoms with van der Waals surface area (Å²) in [6, 6.07) is 36.4. The number of imidazole rings is 2. The molecule has 0 fully saturated rings. The molecule has 0 saturated heterocycles. The largest absolute Gasteiger partial charge is 0.478 e. The maximum atomic E-state index is 12.7. The Hall–Kier alpha value is -9.06. The fourth-order valence-corrected chi connectivity index (χ4v) is 6.76. The Balaban J connectivity index is 0.000000158. The molecule has 0 spiro atoms. The van der Waals surface area contributed by atoms with Crippen LogP contribution in [0.4, 0.5) is 0 Å². The topological polar surface area (TPSA) is 237 Å². The summed E-state index contributed by atoms with van der Waals surface area (Å²) in [5.41, 5.74) is 6.94. The molecule has 0 bridgehead atoms. The fraction of sp³-hybridized carbons (Fsp3) is 0.0455. The van der Waals surface area contributed by atoms with Gasteiger partial charge in [0.1, 0.15) is 0 Å². The van der Waals surface area contributed by atoms with E-state index in [1.165, 1.54) is 34.2 Å². The Morgan fingerprint density at radius 3 is 1.24 bits per heavy atom. The van der Waals surface area contributed by atoms with Crippen molar-refractivity contribution in [2.24, 2.45) is 0 Å². The molecule has 304 valence electrons. The maximum Gasteiger partial charge on any atom is 0.338 e. The van der Waals surface area contributed by atoms with E-state index in [0.717, 1.165) is 33.4 Å². The number of benzene rings is 4. The highest BCUT2D eigenvalue weighted by Crippen LogP contribution is 2.22. The maximum absolute atomic E-state index is 12.7. The molecular weight excluding hydrogens is 793 g/mol. The monoisotopic (exact) mass is 824 g/mol. The normalized spacial score (nSPS) is 11.1. The number of aromatic carboxylic acids is 2. The van der Waals surface area contributed by atoms with Gasteiger partial charge >= 0.3 is 11.9 Å². The van der Waals surface area contributed by atoms with Gasteiger partial charge in [-0.05, 0) is 33.4 Å². The molecule has 18 heteroatoms. The molecule has 18 nitrogen and oxygen atoms in total. The molecule has 0 saturated carbocycles. The summed E-state index contributed by atoms with van der Waals surface area (Å²) in [6.45, 7) is 0.918. The number of rotatable bonds is 10. The van der Waals surface area contributed by atoms with Gasteiger partial charge in [-0.2, -0.15) is 20.2 Å². The number of hydrogen-bond acceptors (Lipinski definition) is 10. The standard InChI is InChI=1S/2C22H16N6O3/c2*29-20-18-19(25-22(26-20)28-12-17(10-24-28)21(30)31)23-13-27(18)11-14-6-8-16(9-7-14)15-4-2-1-3-5-15/h2*1-10,12-13H,11H2,(H,30,31)(H,25,26,29). The smallest absolute Gasteiger partial charge is 0.338 e. The number of carboxylic acids is 2. The Morgan fingerprint density at radius 2 is 0.887 bits per heavy atom. The van der Waals surface area contributed by atoms with E-state index in [-0.39, 0.29) is 45.4 Å². The van der Waals surface area contributed by atoms with Gasteiger partial charge in [0.05, 0.1) is 36.2 Å². The van der Waals surface area contributed by atoms with Crippen molar-refractivity contribution in [1.82, 2.24) is 58.6 Å². The van der Waals surface area contributed by atoms with Crippen LogP contribution in [0.5, 0.6) is 0 Å². The summed E-state index contributed by atoms with van der Waals surface area (Å²) in [4.78, 5) is 69.9. The lowest BCUT2D eigenvalue weighted by molar-refractivity contribution is 0.0686. The lowest BCUT2D eigenvalue weighted by atomic mass is 10.0. The minimum atomic E-state index is -1.11. The van der Waals surface area contributed by atoms with E-state index >= 15 is 0 Å². The van der Waals surface area contributed by atoms with E-state index in [0.29, 0.717) is 24.1 Å². The van der Waals surface area contributed by atoms with Crippen LogP contribution in [0.15, 0.2) is 156 Å². The Morgan fingerprint density at radius 1 is 0.516 bits per heavy atom. The summed E-state index contributed by atoms with van der Waals surface area (Å²) in [5, 5.41) is 25.9. The molecule has 0 radical (unpaired) electrons. The SMILES string of the molecule is O=C(O)c1cnn(-c2nc3ncn(Cc4ccc(-c5ccccc5)cc4)c3c(=O)[nH]2)c1.O=C(O)c1cnn(-c2nc3ncn(Cc4ccc(-c5ccccc5)cc4)c3c(=O)[nH]2)c1. The molecule has 10 aromatic rings. The minimum absolute atomic E-state index is 0.00720. The lowest BCUT2D eigenvalue weighted by Crippen LogP contribution is -2.16. The second-order valence-corrected chi connectivity index (χ2v) is 14.0. The number of aromatic amines is 2. The molecule has 0 unspecified atom stereocenters. The van der Waals surface area contributed by atoms with Gasteiger partial charge < -0.3 is 19.3 Å². The van der Waals surface area contributed by atoms with E-state index in [4.69, 9.17) is 10.2 Å². The van der Waals surface area contributed by atoms with Crippen LogP contribution in [0.25, 0.3) is 56.5 Å². The summed E-state index contributed by atoms with van der Waals surface area (Å²) in [6.07, 6.45) is 8.05. The summed E-state index contributed by atoms with van der Waals surface area (Å²) >= 11 is 0. The van der Waals surface area contributed by atoms with Crippen LogP contribution in [0.2, 0.25) is 0 Å². The second-order valence-electron chi connectivity index (χ2n) is 14.0. The van der Waals surface area contributed by atoms with Crippen molar-refractivity contribution < 1.29 is 19.8 Å². The van der Waals surface area contributed by atoms with Crippen LogP contribution in [-0.2, 0) is 13.1 Å². The minimum Gasteiger partial charge on any atom is -0.478 e. The van der Waals surface area contributed by atoms with Gasteiger partial charge in [-0.15, -0.1) is 0 Å². The molecule has 10 rings (SSSR count). The first-order valence-corrected chi connectivity index (χ1v) is 18.9. The van der Waals surface area contributed by atoms with Gasteiger partial charge in [0.15, 0.2) is 22.3 Å². The van der Waals surface area contributed by atoms with Crippen molar-refractivity contribution in [2.45, 2.75) is 13.1 Å². The molecule has 6 heterocycles. The third-order valence-corrected chi connectivity index (χ3v) is 9.86. The first-order valence-electron chi connectivity index (χ1n) is 18.9. The average molecular weight is 825 g/mol. The zero-order valence-electron chi connectivity index (χ0n) is 32.3. The van der Waals surface area contributed by atoms with Crippen molar-refractivity contribution in [3.63, 3.8) is 0 Å². The molecule has 0 aliphatic rings. The third-order valence-electron chi connectivity index (χ3n) is 9.86. The number of hydrogen-bond donors (Lipinski definition) is 4. The van der Waals surface area contributed by atoms with Crippen molar-refractivity contribution in [3.05, 3.63) is 190 Å². The third kappa shape index (κ3) is 7.88. The zero-order chi connectivity index (χ0) is 42.7. The van der Waals surface area contributed by atoms with Gasteiger partial charge in [-0.3, -0.25) is 19.6 Å². The molecule has 0 atom stereocenters. The summed E-state index contributed by atoms with van der Waals surface area (Å²) in [5.74, 6) is -2.03. The molecule has 4 aromatic carbocycles. The van der Waals surface area contributed by atoms with Crippen molar-refractivity contribution in [1.29, 1.82) is 0 Å². The van der Waals surface area contributed by atoms with Crippen molar-refractivity contribution >= 4 is 34.3 Å². The van der Waals surface area contributed by atoms with Crippen molar-refractivity contribution in [2.75, 3.05) is 0 Å². The Bertz CT molecular complexity index is 3120. The quantitative estimate of drug-likeness (QED) is 0.135. The molecule has 6 aromatic heterocycles. The molecule has 0 aliphatic carbocycles. The predicted octanol–water partition coefficient (Wildman–Crippen LogP) is 5.44. The van der Waals surface area contributed by atoms with E-state index in [1.54, 1.807) is 21.8 Å². The first kappa shape index (κ1) is 38.5. The first-order chi connectivity index (χ1) is 30.2. The number of carbonyl (C=O) groups is 2. The number of nitrogens with zero attached hydrogens (tertiary/aromatic N) is 10. The Labute approximate surface area is 348 Å². The average Bonchev–Trinajstić information content (AvgIpc) is 4.13. The van der Waals surface area contributed by atoms with Gasteiger partial charge in [-0.25, -0.2) is 28.9 Å². The molecular formula is C44H32N12O6. The van der Waals surface area contributed by atoms with Crippen LogP contribution in [0, 0.1) is 0 Å². The van der Waals surface area contributed by atoms with Crippen LogP contribution >= 0.6 is 0 Å². The zero-order valence-corrected chi connectivity index (χ0v) is 32.3. The highest BCUT2D eigenvalue weighted by Gasteiger charge is 2.16. The van der Waals surface area contributed by atoms with Gasteiger partial charge in [0.25, 0.3) is 11.1 Å². The number of aromatic nitrogens is 12. The van der Waals surface area contributed by atoms with Crippen LogP contribution in [-0.4, -0.2) is 80.8 Å². The molecule has 4 N–H and O–H groups in total. The van der Waals surface area contributed by atoms with E-state index < -0.39 is 11.9 Å². The summed E-state index contributed by atoms with van der Waals surface area (Å²) in [7, 11) is 0. The molecule has 0 aliphatic heterocycles. The predicted molar refractivity (Wildman–Crippen MR) is 226 cm³/mol. The van der Waals surface area contributed by atoms with Crippen molar-refractivity contribution in [3.8, 4) is 34.2 Å². The number of fused-ring (bicyclic) bond motifs is 2. The Kier molecular flexibility index (Phi) is 10.1. The van der Waals surface area contributed by atoms with Crippen LogP contribution in [0.3, 0.4) is 0 Å². The number of H-pyrrole nitrogens is 2. The van der Waals surface area contributed by atoms with E-state index in [9.17, 15) is 19.2 Å². The van der Waals surface area contributed by atoms with Gasteiger partial charge in [0.2, 0.25) is 11.9 Å². The van der Waals surface area contributed by atoms with Gasteiger partial charge in [0, 0.05) is 25.5 Å². The number of nitrogens with one attached hydrogen (secondary N) is 2.